The Morgan fingerprint density at radius 3 is 2.65 bits per heavy atom. The lowest BCUT2D eigenvalue weighted by molar-refractivity contribution is -0.0287. The van der Waals surface area contributed by atoms with E-state index in [0.717, 1.165) is 12.0 Å². The van der Waals surface area contributed by atoms with Gasteiger partial charge in [-0.05, 0) is 31.0 Å². The number of imidazole rings is 1. The zero-order valence-corrected chi connectivity index (χ0v) is 17.3. The Labute approximate surface area is 179 Å². The minimum absolute atomic E-state index is 0.237. The first-order valence-electron chi connectivity index (χ1n) is 10.1. The molecule has 4 atom stereocenters. The van der Waals surface area contributed by atoms with Gasteiger partial charge in [-0.2, -0.15) is 10.2 Å². The van der Waals surface area contributed by atoms with Crippen molar-refractivity contribution in [3.8, 4) is 11.9 Å². The molecule has 10 nitrogen and oxygen atoms in total. The van der Waals surface area contributed by atoms with Gasteiger partial charge in [0.2, 0.25) is 11.8 Å². The van der Waals surface area contributed by atoms with Crippen LogP contribution in [0.15, 0.2) is 30.6 Å². The summed E-state index contributed by atoms with van der Waals surface area (Å²) in [5.41, 5.74) is 2.29. The van der Waals surface area contributed by atoms with Gasteiger partial charge in [0.1, 0.15) is 25.1 Å². The van der Waals surface area contributed by atoms with Gasteiger partial charge in [0.15, 0.2) is 17.4 Å². The van der Waals surface area contributed by atoms with Crippen molar-refractivity contribution < 1.29 is 19.7 Å². The Bertz CT molecular complexity index is 1090. The molecular weight excluding hydrogens is 400 g/mol. The highest BCUT2D eigenvalue weighted by atomic mass is 16.6. The fraction of sp³-hybridized carbons (Fsp3) is 0.429. The zero-order chi connectivity index (χ0) is 22.0. The number of nitrogens with zero attached hydrogens (tertiary/aromatic N) is 5. The third-order valence-corrected chi connectivity index (χ3v) is 5.17. The van der Waals surface area contributed by atoms with Crippen molar-refractivity contribution in [3.05, 3.63) is 41.7 Å². The minimum atomic E-state index is -1.13. The topological polar surface area (TPSA) is 138 Å². The maximum absolute atomic E-state index is 10.5. The highest BCUT2D eigenvalue weighted by Gasteiger charge is 2.43. The van der Waals surface area contributed by atoms with E-state index in [2.05, 4.69) is 26.3 Å². The lowest BCUT2D eigenvalue weighted by Crippen LogP contribution is -2.30. The van der Waals surface area contributed by atoms with Crippen LogP contribution in [0.2, 0.25) is 0 Å². The van der Waals surface area contributed by atoms with E-state index in [1.165, 1.54) is 6.33 Å². The third-order valence-electron chi connectivity index (χ3n) is 5.17. The van der Waals surface area contributed by atoms with E-state index in [1.807, 2.05) is 19.1 Å². The summed E-state index contributed by atoms with van der Waals surface area (Å²) in [6.07, 6.45) is -1.31. The van der Waals surface area contributed by atoms with Crippen molar-refractivity contribution in [1.82, 2.24) is 19.5 Å². The summed E-state index contributed by atoms with van der Waals surface area (Å²) >= 11 is 0. The molecule has 3 N–H and O–H groups in total. The predicted octanol–water partition coefficient (Wildman–Crippen LogP) is 1.74. The van der Waals surface area contributed by atoms with Gasteiger partial charge in [-0.25, -0.2) is 9.97 Å². The first kappa shape index (κ1) is 21.0. The molecule has 0 bridgehead atoms. The molecule has 1 aromatic carbocycles. The number of ether oxygens (including phenoxy) is 2. The molecule has 3 heterocycles. The molecule has 0 unspecified atom stereocenters. The molecule has 0 spiro atoms. The van der Waals surface area contributed by atoms with E-state index in [4.69, 9.17) is 14.7 Å². The van der Waals surface area contributed by atoms with Gasteiger partial charge in [-0.3, -0.25) is 4.57 Å². The van der Waals surface area contributed by atoms with Crippen molar-refractivity contribution in [2.24, 2.45) is 0 Å². The van der Waals surface area contributed by atoms with Crippen LogP contribution in [-0.4, -0.2) is 54.6 Å². The predicted molar refractivity (Wildman–Crippen MR) is 111 cm³/mol. The first-order valence-corrected chi connectivity index (χ1v) is 10.1. The highest BCUT2D eigenvalue weighted by Crippen LogP contribution is 2.35. The second-order valence-corrected chi connectivity index (χ2v) is 7.39. The van der Waals surface area contributed by atoms with Crippen LogP contribution in [0.1, 0.15) is 37.6 Å². The number of benzene rings is 1. The van der Waals surface area contributed by atoms with Crippen LogP contribution in [-0.2, 0) is 11.3 Å². The van der Waals surface area contributed by atoms with Crippen LogP contribution in [0.4, 0.5) is 5.95 Å². The number of rotatable bonds is 7. The Morgan fingerprint density at radius 2 is 2.00 bits per heavy atom. The second-order valence-electron chi connectivity index (χ2n) is 7.39. The number of fused-ring (bicyclic) bond motifs is 1. The Kier molecular flexibility index (Phi) is 5.99. The van der Waals surface area contributed by atoms with Crippen molar-refractivity contribution in [2.75, 3.05) is 11.9 Å². The van der Waals surface area contributed by atoms with Crippen molar-refractivity contribution >= 4 is 17.1 Å². The molecule has 1 saturated heterocycles. The number of hydrogen-bond donors (Lipinski definition) is 3. The van der Waals surface area contributed by atoms with E-state index in [0.29, 0.717) is 29.2 Å². The van der Waals surface area contributed by atoms with Crippen molar-refractivity contribution in [1.29, 1.82) is 5.26 Å². The smallest absolute Gasteiger partial charge is 0.245 e. The molecule has 0 amide bonds. The van der Waals surface area contributed by atoms with Gasteiger partial charge in [-0.1, -0.05) is 19.1 Å². The number of nitriles is 1. The molecular formula is C21H24N6O4. The van der Waals surface area contributed by atoms with Crippen LogP contribution in [0.3, 0.4) is 0 Å². The van der Waals surface area contributed by atoms with Crippen LogP contribution in [0.25, 0.3) is 11.2 Å². The maximum Gasteiger partial charge on any atom is 0.245 e. The fourth-order valence-corrected chi connectivity index (χ4v) is 3.46. The maximum atomic E-state index is 10.5. The molecule has 4 rings (SSSR count). The minimum Gasteiger partial charge on any atom is -0.471 e. The molecule has 162 valence electrons. The van der Waals surface area contributed by atoms with Gasteiger partial charge < -0.3 is 25.0 Å². The standard InChI is InChI=1S/C21H24N6O4/c1-3-8-23-21-26-15-18(27(21)20-17(29)16(28)12(2)31-20)24-11-25-19(15)30-10-14-6-4-13(9-22)5-7-14/h4-7,11-12,16-17,20,28-29H,3,8,10H2,1-2H3,(H,23,26)/t12-,16-,17-,20-/m1/s1. The summed E-state index contributed by atoms with van der Waals surface area (Å²) in [7, 11) is 0. The molecule has 0 radical (unpaired) electrons. The number of nitrogens with one attached hydrogen (secondary N) is 1. The average Bonchev–Trinajstić information content (AvgIpc) is 3.28. The van der Waals surface area contributed by atoms with E-state index in [1.54, 1.807) is 23.6 Å². The first-order chi connectivity index (χ1) is 15.0. The quantitative estimate of drug-likeness (QED) is 0.517. The molecule has 0 aliphatic carbocycles. The van der Waals surface area contributed by atoms with Crippen LogP contribution in [0.5, 0.6) is 5.88 Å². The summed E-state index contributed by atoms with van der Waals surface area (Å²) in [5.74, 6) is 0.736. The van der Waals surface area contributed by atoms with Gasteiger partial charge in [0.25, 0.3) is 0 Å². The SMILES string of the molecule is CCCNc1nc2c(OCc3ccc(C#N)cc3)ncnc2n1[C@@H]1O[C@H](C)[C@@H](O)[C@H]1O. The summed E-state index contributed by atoms with van der Waals surface area (Å²) in [6.45, 7) is 4.62. The lowest BCUT2D eigenvalue weighted by atomic mass is 10.1. The Morgan fingerprint density at radius 1 is 1.23 bits per heavy atom. The number of aliphatic hydroxyl groups excluding tert-OH is 2. The van der Waals surface area contributed by atoms with Crippen LogP contribution < -0.4 is 10.1 Å². The van der Waals surface area contributed by atoms with Crippen molar-refractivity contribution in [3.63, 3.8) is 0 Å². The third kappa shape index (κ3) is 4.03. The summed E-state index contributed by atoms with van der Waals surface area (Å²) in [6, 6.07) is 9.16. The lowest BCUT2D eigenvalue weighted by Gasteiger charge is -2.19. The second kappa shape index (κ2) is 8.85. The Balaban J connectivity index is 1.68. The summed E-state index contributed by atoms with van der Waals surface area (Å²) in [4.78, 5) is 13.2. The number of aromatic nitrogens is 4. The number of hydrogen-bond acceptors (Lipinski definition) is 9. The molecule has 0 saturated carbocycles. The van der Waals surface area contributed by atoms with E-state index >= 15 is 0 Å². The molecule has 1 fully saturated rings. The van der Waals surface area contributed by atoms with Crippen LogP contribution in [0, 0.1) is 11.3 Å². The number of aliphatic hydroxyl groups is 2. The largest absolute Gasteiger partial charge is 0.471 e. The normalized spacial score (nSPS) is 23.1. The van der Waals surface area contributed by atoms with E-state index in [9.17, 15) is 10.2 Å². The molecule has 10 heteroatoms. The molecule has 31 heavy (non-hydrogen) atoms. The summed E-state index contributed by atoms with van der Waals surface area (Å²) < 4.78 is 13.3. The molecule has 2 aromatic heterocycles. The van der Waals surface area contributed by atoms with Gasteiger partial charge in [0.05, 0.1) is 17.7 Å². The summed E-state index contributed by atoms with van der Waals surface area (Å²) in [5, 5.41) is 32.8. The molecule has 1 aliphatic rings. The van der Waals surface area contributed by atoms with E-state index in [-0.39, 0.29) is 12.5 Å². The van der Waals surface area contributed by atoms with Gasteiger partial charge in [-0.15, -0.1) is 0 Å². The highest BCUT2D eigenvalue weighted by molar-refractivity contribution is 5.79. The average molecular weight is 424 g/mol. The molecule has 1 aliphatic heterocycles. The van der Waals surface area contributed by atoms with Gasteiger partial charge in [0, 0.05) is 6.54 Å². The fourth-order valence-electron chi connectivity index (χ4n) is 3.46. The van der Waals surface area contributed by atoms with Gasteiger partial charge >= 0.3 is 0 Å². The number of anilines is 1. The van der Waals surface area contributed by atoms with Crippen molar-refractivity contribution in [2.45, 2.75) is 51.4 Å². The molecule has 3 aromatic rings. The monoisotopic (exact) mass is 424 g/mol. The zero-order valence-electron chi connectivity index (χ0n) is 17.3. The van der Waals surface area contributed by atoms with E-state index < -0.39 is 24.5 Å². The van der Waals surface area contributed by atoms with Crippen LogP contribution >= 0.6 is 0 Å². The Hall–Kier alpha value is -3.26.